The Hall–Kier alpha value is -2.90. The zero-order valence-corrected chi connectivity index (χ0v) is 18.3. The number of benzene rings is 3. The number of hydrogen-bond acceptors (Lipinski definition) is 4. The number of rotatable bonds is 8. The molecule has 0 heterocycles. The Kier molecular flexibility index (Phi) is 6.74. The molecule has 6 nitrogen and oxygen atoms in total. The highest BCUT2D eigenvalue weighted by Crippen LogP contribution is 2.23. The van der Waals surface area contributed by atoms with Gasteiger partial charge in [0.25, 0.3) is 0 Å². The van der Waals surface area contributed by atoms with Crippen LogP contribution in [-0.2, 0) is 14.8 Å². The molecule has 30 heavy (non-hydrogen) atoms. The third kappa shape index (κ3) is 4.80. The van der Waals surface area contributed by atoms with Gasteiger partial charge in [-0.3, -0.25) is 4.79 Å². The normalized spacial score (nSPS) is 11.6. The first-order valence-electron chi connectivity index (χ1n) is 9.98. The second kappa shape index (κ2) is 9.28. The lowest BCUT2D eigenvalue weighted by Gasteiger charge is -2.19. The molecule has 2 N–H and O–H groups in total. The molecule has 0 aliphatic carbocycles. The lowest BCUT2D eigenvalue weighted by atomic mass is 10.1. The monoisotopic (exact) mass is 425 g/mol. The van der Waals surface area contributed by atoms with Crippen LogP contribution in [0.3, 0.4) is 0 Å². The van der Waals surface area contributed by atoms with Gasteiger partial charge in [0, 0.05) is 24.5 Å². The average Bonchev–Trinajstić information content (AvgIpc) is 2.74. The summed E-state index contributed by atoms with van der Waals surface area (Å²) < 4.78 is 26.9. The van der Waals surface area contributed by atoms with Crippen LogP contribution >= 0.6 is 0 Å². The van der Waals surface area contributed by atoms with Gasteiger partial charge in [-0.2, -0.15) is 4.31 Å². The molecule has 7 heteroatoms. The lowest BCUT2D eigenvalue weighted by Crippen LogP contribution is -2.30. The summed E-state index contributed by atoms with van der Waals surface area (Å²) in [5, 5.41) is 8.16. The number of sulfonamides is 1. The summed E-state index contributed by atoms with van der Waals surface area (Å²) in [6.07, 6.45) is 0. The fourth-order valence-electron chi connectivity index (χ4n) is 3.28. The van der Waals surface area contributed by atoms with Crippen molar-refractivity contribution >= 4 is 38.1 Å². The summed E-state index contributed by atoms with van der Waals surface area (Å²) in [7, 11) is -3.59. The molecule has 0 radical (unpaired) electrons. The lowest BCUT2D eigenvalue weighted by molar-refractivity contribution is -0.114. The van der Waals surface area contributed by atoms with Crippen molar-refractivity contribution in [2.75, 3.05) is 30.3 Å². The largest absolute Gasteiger partial charge is 0.376 e. The van der Waals surface area contributed by atoms with E-state index in [-0.39, 0.29) is 17.3 Å². The van der Waals surface area contributed by atoms with Gasteiger partial charge in [-0.05, 0) is 47.5 Å². The zero-order valence-electron chi connectivity index (χ0n) is 17.5. The molecular weight excluding hydrogens is 398 g/mol. The second-order valence-electron chi connectivity index (χ2n) is 7.03. The van der Waals surface area contributed by atoms with Crippen molar-refractivity contribution in [2.45, 2.75) is 25.7 Å². The third-order valence-electron chi connectivity index (χ3n) is 5.03. The van der Waals surface area contributed by atoms with Gasteiger partial charge >= 0.3 is 0 Å². The van der Waals surface area contributed by atoms with Crippen molar-refractivity contribution in [1.82, 2.24) is 4.31 Å². The number of anilines is 2. The number of carbonyl (C=O) groups is 1. The van der Waals surface area contributed by atoms with Crippen molar-refractivity contribution in [3.8, 4) is 0 Å². The predicted molar refractivity (Wildman–Crippen MR) is 122 cm³/mol. The number of carbonyl (C=O) groups excluding carboxylic acids is 1. The van der Waals surface area contributed by atoms with Gasteiger partial charge < -0.3 is 10.6 Å². The molecule has 0 saturated carbocycles. The molecule has 0 fully saturated rings. The van der Waals surface area contributed by atoms with Crippen LogP contribution in [0.4, 0.5) is 11.4 Å². The third-order valence-corrected chi connectivity index (χ3v) is 7.07. The summed E-state index contributed by atoms with van der Waals surface area (Å²) in [6, 6.07) is 18.7. The van der Waals surface area contributed by atoms with Crippen molar-refractivity contribution in [3.63, 3.8) is 0 Å². The van der Waals surface area contributed by atoms with Crippen LogP contribution in [0.2, 0.25) is 0 Å². The summed E-state index contributed by atoms with van der Waals surface area (Å²) in [5.74, 6) is -0.247. The molecule has 0 aliphatic heterocycles. The Morgan fingerprint density at radius 2 is 1.63 bits per heavy atom. The smallest absolute Gasteiger partial charge is 0.243 e. The van der Waals surface area contributed by atoms with Gasteiger partial charge in [-0.1, -0.05) is 50.2 Å². The Balaban J connectivity index is 1.71. The number of nitrogens with zero attached hydrogens (tertiary/aromatic N) is 1. The Labute approximate surface area is 178 Å². The molecular formula is C23H27N3O3S. The van der Waals surface area contributed by atoms with E-state index in [4.69, 9.17) is 0 Å². The van der Waals surface area contributed by atoms with Crippen molar-refractivity contribution in [2.24, 2.45) is 0 Å². The number of hydrogen-bond donors (Lipinski definition) is 2. The molecule has 1 amide bonds. The van der Waals surface area contributed by atoms with Crippen LogP contribution in [-0.4, -0.2) is 38.3 Å². The fourth-order valence-corrected chi connectivity index (χ4v) is 4.77. The van der Waals surface area contributed by atoms with Gasteiger partial charge in [-0.15, -0.1) is 0 Å². The highest BCUT2D eigenvalue weighted by molar-refractivity contribution is 7.89. The van der Waals surface area contributed by atoms with Gasteiger partial charge in [0.05, 0.1) is 11.4 Å². The summed E-state index contributed by atoms with van der Waals surface area (Å²) >= 11 is 0. The first-order chi connectivity index (χ1) is 14.3. The van der Waals surface area contributed by atoms with E-state index in [0.717, 1.165) is 22.0 Å². The standard InChI is InChI=1S/C23H27N3O3S/c1-4-26(5-2)30(28,29)21-13-10-17(3)22(15-21)25-23(27)16-24-20-12-11-18-8-6-7-9-19(18)14-20/h6-15,24H,4-5,16H2,1-3H3,(H,25,27). The quantitative estimate of drug-likeness (QED) is 0.566. The molecule has 3 aromatic carbocycles. The first-order valence-corrected chi connectivity index (χ1v) is 11.4. The zero-order chi connectivity index (χ0) is 21.7. The van der Waals surface area contributed by atoms with E-state index in [2.05, 4.69) is 10.6 Å². The molecule has 3 aromatic rings. The molecule has 0 aliphatic rings. The molecule has 0 aromatic heterocycles. The highest BCUT2D eigenvalue weighted by atomic mass is 32.2. The molecule has 158 valence electrons. The van der Waals surface area contributed by atoms with Gasteiger partial charge in [0.2, 0.25) is 15.9 Å². The average molecular weight is 426 g/mol. The summed E-state index contributed by atoms with van der Waals surface area (Å²) in [4.78, 5) is 12.7. The fraction of sp³-hybridized carbons (Fsp3) is 0.261. The van der Waals surface area contributed by atoms with Crippen LogP contribution in [0, 0.1) is 6.92 Å². The minimum Gasteiger partial charge on any atom is -0.376 e. The minimum absolute atomic E-state index is 0.0742. The molecule has 0 bridgehead atoms. The van der Waals surface area contributed by atoms with Crippen molar-refractivity contribution < 1.29 is 13.2 Å². The molecule has 0 unspecified atom stereocenters. The van der Waals surface area contributed by atoms with Crippen LogP contribution < -0.4 is 10.6 Å². The molecule has 3 rings (SSSR count). The summed E-state index contributed by atoms with van der Waals surface area (Å²) in [6.45, 7) is 6.30. The topological polar surface area (TPSA) is 78.5 Å². The van der Waals surface area contributed by atoms with Crippen LogP contribution in [0.15, 0.2) is 65.6 Å². The van der Waals surface area contributed by atoms with Crippen molar-refractivity contribution in [1.29, 1.82) is 0 Å². The van der Waals surface area contributed by atoms with E-state index in [1.165, 1.54) is 10.4 Å². The van der Waals surface area contributed by atoms with E-state index >= 15 is 0 Å². The first kappa shape index (κ1) is 21.8. The van der Waals surface area contributed by atoms with Crippen LogP contribution in [0.5, 0.6) is 0 Å². The van der Waals surface area contributed by atoms with Crippen LogP contribution in [0.1, 0.15) is 19.4 Å². The van der Waals surface area contributed by atoms with E-state index in [1.807, 2.05) is 49.4 Å². The van der Waals surface area contributed by atoms with Gasteiger partial charge in [-0.25, -0.2) is 8.42 Å². The van der Waals surface area contributed by atoms with E-state index < -0.39 is 10.0 Å². The summed E-state index contributed by atoms with van der Waals surface area (Å²) in [5.41, 5.74) is 2.14. The Bertz CT molecular complexity index is 1160. The molecule has 0 saturated heterocycles. The SMILES string of the molecule is CCN(CC)S(=O)(=O)c1ccc(C)c(NC(=O)CNc2ccc3ccccc3c2)c1. The van der Waals surface area contributed by atoms with Crippen LogP contribution in [0.25, 0.3) is 10.8 Å². The van der Waals surface area contributed by atoms with Crippen molar-refractivity contribution in [3.05, 3.63) is 66.2 Å². The van der Waals surface area contributed by atoms with Gasteiger partial charge in [0.1, 0.15) is 0 Å². The molecule has 0 spiro atoms. The number of aryl methyl sites for hydroxylation is 1. The van der Waals surface area contributed by atoms with Gasteiger partial charge in [0.15, 0.2) is 0 Å². The number of nitrogens with one attached hydrogen (secondary N) is 2. The maximum atomic E-state index is 12.8. The van der Waals surface area contributed by atoms with E-state index in [1.54, 1.807) is 26.0 Å². The highest BCUT2D eigenvalue weighted by Gasteiger charge is 2.22. The number of fused-ring (bicyclic) bond motifs is 1. The molecule has 0 atom stereocenters. The van der Waals surface area contributed by atoms with E-state index in [9.17, 15) is 13.2 Å². The Morgan fingerprint density at radius 3 is 2.33 bits per heavy atom. The second-order valence-corrected chi connectivity index (χ2v) is 8.97. The predicted octanol–water partition coefficient (Wildman–Crippen LogP) is 4.23. The maximum absolute atomic E-state index is 12.8. The maximum Gasteiger partial charge on any atom is 0.243 e. The Morgan fingerprint density at radius 1 is 0.933 bits per heavy atom. The number of amides is 1. The van der Waals surface area contributed by atoms with E-state index in [0.29, 0.717) is 18.8 Å². The minimum atomic E-state index is -3.59.